The number of benzene rings is 3. The molecule has 0 saturated carbocycles. The van der Waals surface area contributed by atoms with Crippen LogP contribution in [0, 0.1) is 0 Å². The summed E-state index contributed by atoms with van der Waals surface area (Å²) in [6.07, 6.45) is 1.88. The summed E-state index contributed by atoms with van der Waals surface area (Å²) >= 11 is 6.37. The lowest BCUT2D eigenvalue weighted by Crippen LogP contribution is -2.37. The number of nitrogens with one attached hydrogen (secondary N) is 3. The number of nitrogens with zero attached hydrogens (tertiary/aromatic N) is 3. The second-order valence-electron chi connectivity index (χ2n) is 9.13. The number of para-hydroxylation sites is 2. The second kappa shape index (κ2) is 11.0. The van der Waals surface area contributed by atoms with Crippen LogP contribution in [-0.2, 0) is 10.0 Å². The van der Waals surface area contributed by atoms with Gasteiger partial charge < -0.3 is 20.3 Å². The zero-order valence-corrected chi connectivity index (χ0v) is 22.9. The van der Waals surface area contributed by atoms with Gasteiger partial charge in [-0.3, -0.25) is 4.72 Å². The number of fused-ring (bicyclic) bond motifs is 1. The van der Waals surface area contributed by atoms with E-state index in [1.54, 1.807) is 53.4 Å². The number of aromatic nitrogens is 2. The quantitative estimate of drug-likeness (QED) is 0.256. The van der Waals surface area contributed by atoms with E-state index < -0.39 is 10.0 Å². The summed E-state index contributed by atoms with van der Waals surface area (Å²) in [5.41, 5.74) is 1.89. The molecule has 0 spiro atoms. The molecule has 39 heavy (non-hydrogen) atoms. The van der Waals surface area contributed by atoms with Crippen molar-refractivity contribution in [3.8, 4) is 5.75 Å². The molecule has 2 heterocycles. The smallest absolute Gasteiger partial charge is 0.322 e. The van der Waals surface area contributed by atoms with Gasteiger partial charge in [0.25, 0.3) is 10.0 Å². The van der Waals surface area contributed by atoms with Gasteiger partial charge in [-0.25, -0.2) is 23.2 Å². The van der Waals surface area contributed by atoms with Crippen molar-refractivity contribution in [3.63, 3.8) is 0 Å². The molecule has 10 nitrogen and oxygen atoms in total. The van der Waals surface area contributed by atoms with Crippen LogP contribution in [0.5, 0.6) is 5.75 Å². The van der Waals surface area contributed by atoms with E-state index >= 15 is 0 Å². The number of hydrogen-bond donors (Lipinski definition) is 3. The fraction of sp³-hybridized carbons (Fsp3) is 0.222. The molecule has 4 aromatic rings. The van der Waals surface area contributed by atoms with Gasteiger partial charge in [-0.05, 0) is 62.2 Å². The molecule has 3 N–H and O–H groups in total. The van der Waals surface area contributed by atoms with E-state index in [1.165, 1.54) is 19.2 Å². The van der Waals surface area contributed by atoms with E-state index in [9.17, 15) is 13.2 Å². The minimum absolute atomic E-state index is 0.0204. The summed E-state index contributed by atoms with van der Waals surface area (Å²) in [5, 5.41) is 6.27. The Hall–Kier alpha value is -4.09. The average Bonchev–Trinajstić information content (AvgIpc) is 3.36. The molecule has 1 saturated heterocycles. The fourth-order valence-electron chi connectivity index (χ4n) is 4.37. The van der Waals surface area contributed by atoms with Crippen LogP contribution in [0.25, 0.3) is 11.0 Å². The molecule has 5 rings (SSSR count). The summed E-state index contributed by atoms with van der Waals surface area (Å²) in [4.78, 5) is 23.5. The zero-order chi connectivity index (χ0) is 27.6. The average molecular weight is 567 g/mol. The van der Waals surface area contributed by atoms with Crippen molar-refractivity contribution in [1.82, 2.24) is 14.9 Å². The first kappa shape index (κ1) is 26.5. The highest BCUT2D eigenvalue weighted by Crippen LogP contribution is 2.33. The summed E-state index contributed by atoms with van der Waals surface area (Å²) < 4.78 is 34.8. The maximum atomic E-state index is 13.5. The first-order valence-electron chi connectivity index (χ1n) is 12.3. The maximum absolute atomic E-state index is 13.5. The lowest BCUT2D eigenvalue weighted by atomic mass is 10.2. The van der Waals surface area contributed by atoms with Crippen LogP contribution >= 0.6 is 11.6 Å². The molecule has 3 aromatic carbocycles. The number of ether oxygens (including phenoxy) is 1. The molecule has 1 fully saturated rings. The van der Waals surface area contributed by atoms with Crippen molar-refractivity contribution < 1.29 is 17.9 Å². The normalized spacial score (nSPS) is 15.3. The lowest BCUT2D eigenvalue weighted by Gasteiger charge is -2.22. The van der Waals surface area contributed by atoms with E-state index in [4.69, 9.17) is 16.3 Å². The van der Waals surface area contributed by atoms with E-state index in [0.29, 0.717) is 39.7 Å². The molecule has 1 aromatic heterocycles. The van der Waals surface area contributed by atoms with E-state index in [2.05, 4.69) is 25.3 Å². The molecule has 0 unspecified atom stereocenters. The number of hydrogen-bond acceptors (Lipinski definition) is 7. The van der Waals surface area contributed by atoms with Gasteiger partial charge >= 0.3 is 6.03 Å². The Labute approximate surface area is 231 Å². The largest absolute Gasteiger partial charge is 0.497 e. The summed E-state index contributed by atoms with van der Waals surface area (Å²) in [6.45, 7) is 2.66. The highest BCUT2D eigenvalue weighted by Gasteiger charge is 2.26. The van der Waals surface area contributed by atoms with Gasteiger partial charge in [0, 0.05) is 24.3 Å². The molecule has 1 aliphatic heterocycles. The van der Waals surface area contributed by atoms with Gasteiger partial charge in [0.1, 0.15) is 5.75 Å². The zero-order valence-electron chi connectivity index (χ0n) is 21.3. The molecule has 12 heteroatoms. The molecule has 2 amide bonds. The molecule has 0 bridgehead atoms. The van der Waals surface area contributed by atoms with E-state index in [0.717, 1.165) is 12.8 Å². The number of anilines is 4. The highest BCUT2D eigenvalue weighted by atomic mass is 35.5. The van der Waals surface area contributed by atoms with Crippen LogP contribution in [0.2, 0.25) is 5.02 Å². The molecular formula is C27H27ClN6O4S. The first-order valence-corrected chi connectivity index (χ1v) is 14.2. The molecular weight excluding hydrogens is 540 g/mol. The van der Waals surface area contributed by atoms with Crippen molar-refractivity contribution in [2.24, 2.45) is 0 Å². The van der Waals surface area contributed by atoms with Gasteiger partial charge in [0.05, 0.1) is 33.7 Å². The third-order valence-corrected chi connectivity index (χ3v) is 8.10. The molecule has 0 aliphatic carbocycles. The Bertz CT molecular complexity index is 1650. The number of urea groups is 1. The van der Waals surface area contributed by atoms with Crippen molar-refractivity contribution in [2.45, 2.75) is 30.7 Å². The Balaban J connectivity index is 1.46. The standard InChI is InChI=1S/C27H27ClN6O4S/c1-17-7-6-14-34(17)27(35)29-18-8-5-9-20(15-18)39(36,37)33-26-25(30-22-10-3-4-11-23(22)31-26)32-24-16-19(38-2)12-13-21(24)28/h3-5,8-13,15-17H,6-7,14H2,1-2H3,(H,29,35)(H,30,32)(H,31,33)/t17-/m1/s1. The Morgan fingerprint density at radius 3 is 2.46 bits per heavy atom. The predicted octanol–water partition coefficient (Wildman–Crippen LogP) is 5.85. The first-order chi connectivity index (χ1) is 18.7. The second-order valence-corrected chi connectivity index (χ2v) is 11.2. The summed E-state index contributed by atoms with van der Waals surface area (Å²) in [7, 11) is -2.59. The summed E-state index contributed by atoms with van der Waals surface area (Å²) in [5.74, 6) is 0.688. The number of likely N-dealkylation sites (tertiary alicyclic amines) is 1. The van der Waals surface area contributed by atoms with Crippen molar-refractivity contribution in [1.29, 1.82) is 0 Å². The van der Waals surface area contributed by atoms with E-state index in [1.807, 2.05) is 13.0 Å². The van der Waals surface area contributed by atoms with Crippen LogP contribution in [0.3, 0.4) is 0 Å². The van der Waals surface area contributed by atoms with Crippen LogP contribution in [0.1, 0.15) is 19.8 Å². The Kier molecular flexibility index (Phi) is 7.45. The third-order valence-electron chi connectivity index (χ3n) is 6.44. The van der Waals surface area contributed by atoms with Gasteiger partial charge in [-0.2, -0.15) is 0 Å². The lowest BCUT2D eigenvalue weighted by molar-refractivity contribution is 0.210. The Morgan fingerprint density at radius 1 is 1.03 bits per heavy atom. The molecule has 1 aliphatic rings. The number of carbonyl (C=O) groups is 1. The number of rotatable bonds is 7. The number of methoxy groups -OCH3 is 1. The predicted molar refractivity (Wildman–Crippen MR) is 152 cm³/mol. The number of sulfonamides is 1. The van der Waals surface area contributed by atoms with Crippen LogP contribution in [-0.4, -0.2) is 49.0 Å². The minimum atomic E-state index is -4.12. The Morgan fingerprint density at radius 2 is 1.77 bits per heavy atom. The highest BCUT2D eigenvalue weighted by molar-refractivity contribution is 7.92. The fourth-order valence-corrected chi connectivity index (χ4v) is 5.59. The monoisotopic (exact) mass is 566 g/mol. The van der Waals surface area contributed by atoms with Crippen molar-refractivity contribution in [2.75, 3.05) is 29.0 Å². The molecule has 1 atom stereocenters. The number of carbonyl (C=O) groups excluding carboxylic acids is 1. The van der Waals surface area contributed by atoms with Gasteiger partial charge in [0.2, 0.25) is 0 Å². The van der Waals surface area contributed by atoms with Crippen molar-refractivity contribution >= 4 is 61.7 Å². The van der Waals surface area contributed by atoms with Crippen LogP contribution in [0.4, 0.5) is 27.8 Å². The molecule has 0 radical (unpaired) electrons. The summed E-state index contributed by atoms with van der Waals surface area (Å²) in [6, 6.07) is 18.1. The minimum Gasteiger partial charge on any atom is -0.497 e. The van der Waals surface area contributed by atoms with Crippen LogP contribution < -0.4 is 20.1 Å². The SMILES string of the molecule is COc1ccc(Cl)c(Nc2nc3ccccc3nc2NS(=O)(=O)c2cccc(NC(=O)N3CCC[C@H]3C)c2)c1. The van der Waals surface area contributed by atoms with Gasteiger partial charge in [-0.1, -0.05) is 29.8 Å². The van der Waals surface area contributed by atoms with E-state index in [-0.39, 0.29) is 28.6 Å². The third kappa shape index (κ3) is 5.84. The number of halogens is 1. The topological polar surface area (TPSA) is 126 Å². The maximum Gasteiger partial charge on any atom is 0.322 e. The number of amides is 2. The molecule has 202 valence electrons. The van der Waals surface area contributed by atoms with Crippen molar-refractivity contribution in [3.05, 3.63) is 71.8 Å². The van der Waals surface area contributed by atoms with Gasteiger partial charge in [0.15, 0.2) is 11.6 Å². The van der Waals surface area contributed by atoms with Gasteiger partial charge in [-0.15, -0.1) is 0 Å². The van der Waals surface area contributed by atoms with Crippen LogP contribution in [0.15, 0.2) is 71.6 Å².